The zero-order valence-corrected chi connectivity index (χ0v) is 9.01. The zero-order valence-electron chi connectivity index (χ0n) is 9.01. The molecular formula is C11H16N4. The summed E-state index contributed by atoms with van der Waals surface area (Å²) in [5, 5.41) is 6.72. The molecule has 0 aromatic carbocycles. The number of nitrogens with one attached hydrogen (secondary N) is 2. The Kier molecular flexibility index (Phi) is 2.09. The van der Waals surface area contributed by atoms with Crippen LogP contribution in [-0.2, 0) is 13.0 Å². The first-order chi connectivity index (χ1) is 7.33. The maximum absolute atomic E-state index is 4.59. The fraction of sp³-hybridized carbons (Fsp3) is 0.636. The number of hydrogen-bond donors (Lipinski definition) is 2. The van der Waals surface area contributed by atoms with Gasteiger partial charge in [0.05, 0.1) is 5.69 Å². The smallest absolute Gasteiger partial charge is 0.223 e. The Morgan fingerprint density at radius 2 is 2.20 bits per heavy atom. The average molecular weight is 204 g/mol. The van der Waals surface area contributed by atoms with Crippen LogP contribution in [0.2, 0.25) is 0 Å². The third-order valence-electron chi connectivity index (χ3n) is 3.05. The van der Waals surface area contributed by atoms with E-state index in [1.807, 2.05) is 0 Å². The number of hydrogen-bond acceptors (Lipinski definition) is 4. The highest BCUT2D eigenvalue weighted by atomic mass is 15.1. The first kappa shape index (κ1) is 9.09. The molecule has 1 aliphatic carbocycles. The zero-order chi connectivity index (χ0) is 10.3. The molecule has 0 amide bonds. The minimum atomic E-state index is 0.629. The van der Waals surface area contributed by atoms with Gasteiger partial charge in [0.2, 0.25) is 5.95 Å². The van der Waals surface area contributed by atoms with Gasteiger partial charge in [0.15, 0.2) is 0 Å². The molecule has 2 heterocycles. The fourth-order valence-electron chi connectivity index (χ4n) is 1.99. The molecule has 1 aromatic rings. The lowest BCUT2D eigenvalue weighted by Crippen LogP contribution is -2.26. The largest absolute Gasteiger partial charge is 0.351 e. The van der Waals surface area contributed by atoms with Crippen LogP contribution in [0.5, 0.6) is 0 Å². The monoisotopic (exact) mass is 204 g/mol. The van der Waals surface area contributed by atoms with Crippen molar-refractivity contribution in [1.82, 2.24) is 15.3 Å². The van der Waals surface area contributed by atoms with Crippen LogP contribution in [0.3, 0.4) is 0 Å². The first-order valence-corrected chi connectivity index (χ1v) is 5.66. The summed E-state index contributed by atoms with van der Waals surface area (Å²) in [5.74, 6) is 0.829. The minimum Gasteiger partial charge on any atom is -0.351 e. The number of aromatic nitrogens is 2. The van der Waals surface area contributed by atoms with Gasteiger partial charge in [0, 0.05) is 36.8 Å². The van der Waals surface area contributed by atoms with Gasteiger partial charge in [-0.3, -0.25) is 0 Å². The van der Waals surface area contributed by atoms with E-state index in [0.29, 0.717) is 6.04 Å². The van der Waals surface area contributed by atoms with Crippen LogP contribution in [0.15, 0.2) is 0 Å². The van der Waals surface area contributed by atoms with Gasteiger partial charge in [0.1, 0.15) is 0 Å². The SMILES string of the molecule is Cc1nc(NC2CC2)nc2c1CNCC2. The van der Waals surface area contributed by atoms with Crippen LogP contribution in [0.4, 0.5) is 5.95 Å². The number of aryl methyl sites for hydroxylation is 1. The van der Waals surface area contributed by atoms with Crippen molar-refractivity contribution in [2.24, 2.45) is 0 Å². The number of nitrogens with zero attached hydrogens (tertiary/aromatic N) is 2. The molecule has 0 saturated heterocycles. The van der Waals surface area contributed by atoms with E-state index in [0.717, 1.165) is 31.2 Å². The second kappa shape index (κ2) is 3.45. The van der Waals surface area contributed by atoms with Gasteiger partial charge in [0.25, 0.3) is 0 Å². The van der Waals surface area contributed by atoms with Crippen molar-refractivity contribution in [3.63, 3.8) is 0 Å². The molecule has 1 aromatic heterocycles. The molecule has 4 heteroatoms. The molecule has 0 atom stereocenters. The van der Waals surface area contributed by atoms with Gasteiger partial charge < -0.3 is 10.6 Å². The van der Waals surface area contributed by atoms with Crippen LogP contribution in [0, 0.1) is 6.92 Å². The molecule has 2 N–H and O–H groups in total. The summed E-state index contributed by atoms with van der Waals surface area (Å²) in [7, 11) is 0. The summed E-state index contributed by atoms with van der Waals surface area (Å²) in [6, 6.07) is 0.629. The Balaban J connectivity index is 1.92. The Morgan fingerprint density at radius 1 is 1.33 bits per heavy atom. The Morgan fingerprint density at radius 3 is 3.00 bits per heavy atom. The summed E-state index contributed by atoms with van der Waals surface area (Å²) < 4.78 is 0. The third-order valence-corrected chi connectivity index (χ3v) is 3.05. The first-order valence-electron chi connectivity index (χ1n) is 5.66. The number of anilines is 1. The lowest BCUT2D eigenvalue weighted by atomic mass is 10.1. The molecule has 15 heavy (non-hydrogen) atoms. The van der Waals surface area contributed by atoms with Crippen molar-refractivity contribution in [2.45, 2.75) is 38.8 Å². The molecule has 0 spiro atoms. The lowest BCUT2D eigenvalue weighted by Gasteiger charge is -2.18. The Hall–Kier alpha value is -1.16. The lowest BCUT2D eigenvalue weighted by molar-refractivity contribution is 0.621. The molecule has 2 aliphatic rings. The predicted octanol–water partition coefficient (Wildman–Crippen LogP) is 1.01. The molecule has 0 radical (unpaired) electrons. The van der Waals surface area contributed by atoms with Gasteiger partial charge in [-0.05, 0) is 19.8 Å². The third kappa shape index (κ3) is 1.81. The van der Waals surface area contributed by atoms with E-state index >= 15 is 0 Å². The van der Waals surface area contributed by atoms with Gasteiger partial charge in [-0.15, -0.1) is 0 Å². The normalized spacial score (nSPS) is 19.8. The van der Waals surface area contributed by atoms with Gasteiger partial charge in [-0.25, -0.2) is 9.97 Å². The van der Waals surface area contributed by atoms with Crippen LogP contribution in [-0.4, -0.2) is 22.6 Å². The van der Waals surface area contributed by atoms with Crippen molar-refractivity contribution in [2.75, 3.05) is 11.9 Å². The molecule has 80 valence electrons. The summed E-state index contributed by atoms with van der Waals surface area (Å²) >= 11 is 0. The van der Waals surface area contributed by atoms with Crippen LogP contribution in [0.25, 0.3) is 0 Å². The molecule has 4 nitrogen and oxygen atoms in total. The van der Waals surface area contributed by atoms with Gasteiger partial charge in [-0.2, -0.15) is 0 Å². The molecule has 1 aliphatic heterocycles. The highest BCUT2D eigenvalue weighted by molar-refractivity contribution is 5.37. The summed E-state index contributed by atoms with van der Waals surface area (Å²) in [4.78, 5) is 9.10. The van der Waals surface area contributed by atoms with Crippen molar-refractivity contribution in [3.05, 3.63) is 17.0 Å². The molecule has 0 unspecified atom stereocenters. The van der Waals surface area contributed by atoms with Crippen molar-refractivity contribution < 1.29 is 0 Å². The number of rotatable bonds is 2. The van der Waals surface area contributed by atoms with Crippen LogP contribution in [0.1, 0.15) is 29.8 Å². The maximum Gasteiger partial charge on any atom is 0.223 e. The van der Waals surface area contributed by atoms with Crippen molar-refractivity contribution in [3.8, 4) is 0 Å². The predicted molar refractivity (Wildman–Crippen MR) is 58.8 cm³/mol. The topological polar surface area (TPSA) is 49.8 Å². The Labute approximate surface area is 89.5 Å². The maximum atomic E-state index is 4.59. The summed E-state index contributed by atoms with van der Waals surface area (Å²) in [6.45, 7) is 4.03. The van der Waals surface area contributed by atoms with Crippen LogP contribution >= 0.6 is 0 Å². The number of fused-ring (bicyclic) bond motifs is 1. The van der Waals surface area contributed by atoms with Gasteiger partial charge in [-0.1, -0.05) is 0 Å². The van der Waals surface area contributed by atoms with E-state index < -0.39 is 0 Å². The van der Waals surface area contributed by atoms with E-state index in [1.54, 1.807) is 0 Å². The van der Waals surface area contributed by atoms with E-state index in [2.05, 4.69) is 27.5 Å². The Bertz CT molecular complexity index is 384. The second-order valence-corrected chi connectivity index (χ2v) is 4.40. The highest BCUT2D eigenvalue weighted by Crippen LogP contribution is 2.24. The van der Waals surface area contributed by atoms with Crippen LogP contribution < -0.4 is 10.6 Å². The average Bonchev–Trinajstić information content (AvgIpc) is 3.02. The summed E-state index contributed by atoms with van der Waals surface area (Å²) in [5.41, 5.74) is 3.64. The standard InChI is InChI=1S/C11H16N4/c1-7-9-6-12-5-4-10(9)15-11(13-7)14-8-2-3-8/h8,12H,2-6H2,1H3,(H,13,14,15). The fourth-order valence-corrected chi connectivity index (χ4v) is 1.99. The molecule has 3 rings (SSSR count). The van der Waals surface area contributed by atoms with E-state index in [9.17, 15) is 0 Å². The summed E-state index contributed by atoms with van der Waals surface area (Å²) in [6.07, 6.45) is 3.56. The van der Waals surface area contributed by atoms with Gasteiger partial charge >= 0.3 is 0 Å². The molecule has 1 saturated carbocycles. The van der Waals surface area contributed by atoms with Crippen molar-refractivity contribution in [1.29, 1.82) is 0 Å². The molecule has 0 bridgehead atoms. The van der Waals surface area contributed by atoms with Crippen molar-refractivity contribution >= 4 is 5.95 Å². The molecule has 1 fully saturated rings. The van der Waals surface area contributed by atoms with E-state index in [1.165, 1.54) is 24.1 Å². The molecular weight excluding hydrogens is 188 g/mol. The quantitative estimate of drug-likeness (QED) is 0.754. The van der Waals surface area contributed by atoms with E-state index in [-0.39, 0.29) is 0 Å². The highest BCUT2D eigenvalue weighted by Gasteiger charge is 2.23. The second-order valence-electron chi connectivity index (χ2n) is 4.40. The van der Waals surface area contributed by atoms with E-state index in [4.69, 9.17) is 0 Å². The minimum absolute atomic E-state index is 0.629.